The molecule has 0 fully saturated rings. The summed E-state index contributed by atoms with van der Waals surface area (Å²) in [5.41, 5.74) is -3.18. The van der Waals surface area contributed by atoms with Crippen molar-refractivity contribution in [1.82, 2.24) is 0 Å². The van der Waals surface area contributed by atoms with E-state index in [0.29, 0.717) is 18.2 Å². The van der Waals surface area contributed by atoms with Gasteiger partial charge in [-0.05, 0) is 32.9 Å². The van der Waals surface area contributed by atoms with Gasteiger partial charge in [0.1, 0.15) is 0 Å². The molecule has 110 valence electrons. The fourth-order valence-corrected chi connectivity index (χ4v) is 1.27. The molecule has 0 amide bonds. The SMILES string of the molecule is CC(=O)C(C)(C)Oc1cc(C(F)(F)F)ccc1[N+](=O)[O-]. The molecule has 0 radical (unpaired) electrons. The van der Waals surface area contributed by atoms with E-state index in [1.807, 2.05) is 0 Å². The van der Waals surface area contributed by atoms with Crippen molar-refractivity contribution in [2.24, 2.45) is 0 Å². The molecule has 0 aliphatic carbocycles. The second-order valence-electron chi connectivity index (χ2n) is 4.61. The number of carbonyl (C=O) groups is 1. The number of hydrogen-bond acceptors (Lipinski definition) is 4. The van der Waals surface area contributed by atoms with Gasteiger partial charge < -0.3 is 4.74 Å². The fourth-order valence-electron chi connectivity index (χ4n) is 1.27. The van der Waals surface area contributed by atoms with Gasteiger partial charge in [-0.15, -0.1) is 0 Å². The summed E-state index contributed by atoms with van der Waals surface area (Å²) in [5, 5.41) is 10.8. The summed E-state index contributed by atoms with van der Waals surface area (Å²) < 4.78 is 42.9. The van der Waals surface area contributed by atoms with Gasteiger partial charge in [-0.3, -0.25) is 14.9 Å². The summed E-state index contributed by atoms with van der Waals surface area (Å²) in [7, 11) is 0. The maximum atomic E-state index is 12.6. The highest BCUT2D eigenvalue weighted by atomic mass is 19.4. The van der Waals surface area contributed by atoms with E-state index < -0.39 is 39.5 Å². The molecule has 1 aromatic rings. The molecule has 0 N–H and O–H groups in total. The Kier molecular flexibility index (Phi) is 4.07. The Balaban J connectivity index is 3.34. The summed E-state index contributed by atoms with van der Waals surface area (Å²) in [5.74, 6) is -1.06. The summed E-state index contributed by atoms with van der Waals surface area (Å²) in [6, 6.07) is 1.81. The predicted molar refractivity (Wildman–Crippen MR) is 63.5 cm³/mol. The third kappa shape index (κ3) is 3.46. The summed E-state index contributed by atoms with van der Waals surface area (Å²) in [6.45, 7) is 3.82. The average molecular weight is 291 g/mol. The smallest absolute Gasteiger partial charge is 0.416 e. The second-order valence-corrected chi connectivity index (χ2v) is 4.61. The minimum atomic E-state index is -4.66. The minimum absolute atomic E-state index is 0.468. The molecule has 1 rings (SSSR count). The van der Waals surface area contributed by atoms with Gasteiger partial charge in [0, 0.05) is 6.07 Å². The van der Waals surface area contributed by atoms with Crippen LogP contribution in [0.5, 0.6) is 5.75 Å². The van der Waals surface area contributed by atoms with Gasteiger partial charge in [0.05, 0.1) is 10.5 Å². The number of nitro benzene ring substituents is 1. The number of carbonyl (C=O) groups excluding carboxylic acids is 1. The first-order valence-electron chi connectivity index (χ1n) is 5.51. The highest BCUT2D eigenvalue weighted by molar-refractivity contribution is 5.84. The number of halogens is 3. The number of alkyl halides is 3. The van der Waals surface area contributed by atoms with Crippen molar-refractivity contribution in [3.05, 3.63) is 33.9 Å². The molecule has 20 heavy (non-hydrogen) atoms. The van der Waals surface area contributed by atoms with E-state index in [1.165, 1.54) is 20.8 Å². The summed E-state index contributed by atoms with van der Waals surface area (Å²) in [6.07, 6.45) is -4.66. The van der Waals surface area contributed by atoms with Crippen molar-refractivity contribution >= 4 is 11.5 Å². The second kappa shape index (κ2) is 5.10. The highest BCUT2D eigenvalue weighted by Crippen LogP contribution is 2.37. The van der Waals surface area contributed by atoms with Crippen LogP contribution in [0.2, 0.25) is 0 Å². The lowest BCUT2D eigenvalue weighted by molar-refractivity contribution is -0.386. The zero-order chi connectivity index (χ0) is 15.7. The number of nitro groups is 1. The number of nitrogens with zero attached hydrogens (tertiary/aromatic N) is 1. The van der Waals surface area contributed by atoms with Crippen molar-refractivity contribution < 1.29 is 27.6 Å². The van der Waals surface area contributed by atoms with Crippen LogP contribution in [0.3, 0.4) is 0 Å². The van der Waals surface area contributed by atoms with Crippen molar-refractivity contribution in [1.29, 1.82) is 0 Å². The predicted octanol–water partition coefficient (Wildman–Crippen LogP) is 3.36. The molecule has 0 aliphatic heterocycles. The van der Waals surface area contributed by atoms with Crippen LogP contribution in [-0.4, -0.2) is 16.3 Å². The van der Waals surface area contributed by atoms with E-state index in [-0.39, 0.29) is 0 Å². The topological polar surface area (TPSA) is 69.4 Å². The van der Waals surface area contributed by atoms with Crippen LogP contribution in [0.4, 0.5) is 18.9 Å². The number of hydrogen-bond donors (Lipinski definition) is 0. The monoisotopic (exact) mass is 291 g/mol. The molecule has 0 heterocycles. The lowest BCUT2D eigenvalue weighted by atomic mass is 10.0. The average Bonchev–Trinajstić information content (AvgIpc) is 2.26. The van der Waals surface area contributed by atoms with Crippen molar-refractivity contribution in [2.45, 2.75) is 32.5 Å². The quantitative estimate of drug-likeness (QED) is 0.630. The molecule has 0 unspecified atom stereocenters. The number of rotatable bonds is 4. The summed E-state index contributed by atoms with van der Waals surface area (Å²) >= 11 is 0. The Labute approximate surface area is 112 Å². The van der Waals surface area contributed by atoms with Gasteiger partial charge in [-0.1, -0.05) is 0 Å². The standard InChI is InChI=1S/C12H12F3NO4/c1-7(17)11(2,3)20-10-6-8(12(13,14)15)4-5-9(10)16(18)19/h4-6H,1-3H3. The molecular formula is C12H12F3NO4. The van der Waals surface area contributed by atoms with Gasteiger partial charge in [0.2, 0.25) is 0 Å². The van der Waals surface area contributed by atoms with Crippen LogP contribution in [0.15, 0.2) is 18.2 Å². The molecular weight excluding hydrogens is 279 g/mol. The van der Waals surface area contributed by atoms with Crippen LogP contribution < -0.4 is 4.74 Å². The van der Waals surface area contributed by atoms with Gasteiger partial charge in [-0.25, -0.2) is 0 Å². The van der Waals surface area contributed by atoms with Crippen LogP contribution in [0.25, 0.3) is 0 Å². The number of ketones is 1. The number of ether oxygens (including phenoxy) is 1. The van der Waals surface area contributed by atoms with Gasteiger partial charge in [0.15, 0.2) is 17.1 Å². The minimum Gasteiger partial charge on any atom is -0.473 e. The Morgan fingerprint density at radius 3 is 2.25 bits per heavy atom. The molecule has 1 aromatic carbocycles. The maximum absolute atomic E-state index is 12.6. The normalized spacial score (nSPS) is 12.1. The van der Waals surface area contributed by atoms with Crippen LogP contribution in [0.1, 0.15) is 26.3 Å². The molecule has 0 aliphatic rings. The first-order chi connectivity index (χ1) is 8.95. The van der Waals surface area contributed by atoms with Gasteiger partial charge in [0.25, 0.3) is 0 Å². The third-order valence-corrected chi connectivity index (χ3v) is 2.70. The fraction of sp³-hybridized carbons (Fsp3) is 0.417. The molecule has 0 atom stereocenters. The third-order valence-electron chi connectivity index (χ3n) is 2.70. The maximum Gasteiger partial charge on any atom is 0.416 e. The van der Waals surface area contributed by atoms with Gasteiger partial charge >= 0.3 is 11.9 Å². The molecule has 5 nitrogen and oxygen atoms in total. The first-order valence-corrected chi connectivity index (χ1v) is 5.51. The van der Waals surface area contributed by atoms with E-state index in [9.17, 15) is 28.1 Å². The summed E-state index contributed by atoms with van der Waals surface area (Å²) in [4.78, 5) is 21.2. The molecule has 0 spiro atoms. The van der Waals surface area contributed by atoms with E-state index >= 15 is 0 Å². The largest absolute Gasteiger partial charge is 0.473 e. The molecule has 0 bridgehead atoms. The van der Waals surface area contributed by atoms with E-state index in [1.54, 1.807) is 0 Å². The van der Waals surface area contributed by atoms with Crippen molar-refractivity contribution in [2.75, 3.05) is 0 Å². The van der Waals surface area contributed by atoms with Crippen LogP contribution in [-0.2, 0) is 11.0 Å². The van der Waals surface area contributed by atoms with E-state index in [2.05, 4.69) is 0 Å². The van der Waals surface area contributed by atoms with Crippen molar-refractivity contribution in [3.8, 4) is 5.75 Å². The number of Topliss-reactive ketones (excluding diaryl/α,β-unsaturated/α-hetero) is 1. The highest BCUT2D eigenvalue weighted by Gasteiger charge is 2.35. The molecule has 0 saturated heterocycles. The van der Waals surface area contributed by atoms with E-state index in [0.717, 1.165) is 0 Å². The molecule has 0 saturated carbocycles. The first kappa shape index (κ1) is 15.9. The number of benzene rings is 1. The van der Waals surface area contributed by atoms with Crippen LogP contribution in [0, 0.1) is 10.1 Å². The lowest BCUT2D eigenvalue weighted by Crippen LogP contribution is -2.36. The van der Waals surface area contributed by atoms with E-state index in [4.69, 9.17) is 4.74 Å². The Hall–Kier alpha value is -2.12. The molecule has 0 aromatic heterocycles. The van der Waals surface area contributed by atoms with Gasteiger partial charge in [-0.2, -0.15) is 13.2 Å². The Morgan fingerprint density at radius 2 is 1.85 bits per heavy atom. The lowest BCUT2D eigenvalue weighted by Gasteiger charge is -2.23. The Bertz CT molecular complexity index is 552. The zero-order valence-corrected chi connectivity index (χ0v) is 10.9. The van der Waals surface area contributed by atoms with Crippen LogP contribution >= 0.6 is 0 Å². The molecule has 8 heteroatoms. The van der Waals surface area contributed by atoms with Crippen molar-refractivity contribution in [3.63, 3.8) is 0 Å². The Morgan fingerprint density at radius 1 is 1.30 bits per heavy atom. The zero-order valence-electron chi connectivity index (χ0n) is 10.9.